The van der Waals surface area contributed by atoms with E-state index in [1.165, 1.54) is 12.1 Å². The van der Waals surface area contributed by atoms with E-state index < -0.39 is 5.82 Å². The van der Waals surface area contributed by atoms with Gasteiger partial charge in [-0.3, -0.25) is 4.79 Å². The Balaban J connectivity index is 1.58. The summed E-state index contributed by atoms with van der Waals surface area (Å²) >= 11 is 0. The van der Waals surface area contributed by atoms with Gasteiger partial charge in [0.25, 0.3) is 5.91 Å². The fraction of sp³-hybridized carbons (Fsp3) is 0.167. The van der Waals surface area contributed by atoms with Crippen LogP contribution in [0.4, 0.5) is 4.39 Å². The highest BCUT2D eigenvalue weighted by molar-refractivity contribution is 5.95. The minimum Gasteiger partial charge on any atom is -0.421 e. The normalized spacial score (nSPS) is 10.6. The van der Waals surface area contributed by atoms with Crippen molar-refractivity contribution in [2.45, 2.75) is 13.3 Å². The van der Waals surface area contributed by atoms with Gasteiger partial charge >= 0.3 is 0 Å². The molecular weight excluding hydrogens is 309 g/mol. The Morgan fingerprint density at radius 2 is 1.92 bits per heavy atom. The standard InChI is InChI=1S/C18H16FN3O2/c1-12-14(8-5-9-15(12)19)17(23)20-11-10-16-21-22-18(24-16)13-6-3-2-4-7-13/h2-9H,10-11H2,1H3,(H,20,23). The van der Waals surface area contributed by atoms with Crippen molar-refractivity contribution in [3.8, 4) is 11.5 Å². The minimum atomic E-state index is -0.396. The molecule has 0 saturated carbocycles. The van der Waals surface area contributed by atoms with Crippen molar-refractivity contribution in [1.82, 2.24) is 15.5 Å². The Morgan fingerprint density at radius 3 is 2.71 bits per heavy atom. The van der Waals surface area contributed by atoms with E-state index >= 15 is 0 Å². The van der Waals surface area contributed by atoms with Crippen LogP contribution < -0.4 is 5.32 Å². The predicted octanol–water partition coefficient (Wildman–Crippen LogP) is 3.16. The zero-order valence-electron chi connectivity index (χ0n) is 13.1. The second-order valence-electron chi connectivity index (χ2n) is 5.29. The average Bonchev–Trinajstić information content (AvgIpc) is 3.07. The van der Waals surface area contributed by atoms with Crippen molar-refractivity contribution in [3.05, 3.63) is 71.4 Å². The maximum atomic E-state index is 13.5. The number of aromatic nitrogens is 2. The first-order valence-electron chi connectivity index (χ1n) is 7.56. The SMILES string of the molecule is Cc1c(F)cccc1C(=O)NCCc1nnc(-c2ccccc2)o1. The molecule has 0 fully saturated rings. The number of nitrogens with zero attached hydrogens (tertiary/aromatic N) is 2. The van der Waals surface area contributed by atoms with Gasteiger partial charge < -0.3 is 9.73 Å². The Morgan fingerprint density at radius 1 is 1.12 bits per heavy atom. The summed E-state index contributed by atoms with van der Waals surface area (Å²) in [5.74, 6) is 0.157. The maximum Gasteiger partial charge on any atom is 0.251 e. The first-order chi connectivity index (χ1) is 11.6. The fourth-order valence-corrected chi connectivity index (χ4v) is 2.28. The minimum absolute atomic E-state index is 0.324. The van der Waals surface area contributed by atoms with Crippen molar-refractivity contribution >= 4 is 5.91 Å². The van der Waals surface area contributed by atoms with E-state index in [4.69, 9.17) is 4.42 Å². The number of nitrogens with one attached hydrogen (secondary N) is 1. The molecule has 0 aliphatic rings. The Bertz CT molecular complexity index is 846. The first-order valence-corrected chi connectivity index (χ1v) is 7.56. The Hall–Kier alpha value is -3.02. The molecule has 0 bridgehead atoms. The number of halogens is 1. The summed E-state index contributed by atoms with van der Waals surface area (Å²) in [5.41, 5.74) is 1.50. The molecule has 0 atom stereocenters. The molecular formula is C18H16FN3O2. The molecule has 1 heterocycles. The van der Waals surface area contributed by atoms with Crippen LogP contribution >= 0.6 is 0 Å². The molecule has 5 nitrogen and oxygen atoms in total. The molecule has 0 saturated heterocycles. The average molecular weight is 325 g/mol. The monoisotopic (exact) mass is 325 g/mol. The van der Waals surface area contributed by atoms with Gasteiger partial charge in [-0.25, -0.2) is 4.39 Å². The van der Waals surface area contributed by atoms with Gasteiger partial charge in [-0.15, -0.1) is 10.2 Å². The Labute approximate surface area is 138 Å². The zero-order chi connectivity index (χ0) is 16.9. The highest BCUT2D eigenvalue weighted by atomic mass is 19.1. The lowest BCUT2D eigenvalue weighted by molar-refractivity contribution is 0.0952. The van der Waals surface area contributed by atoms with E-state index in [9.17, 15) is 9.18 Å². The van der Waals surface area contributed by atoms with E-state index in [0.717, 1.165) is 5.56 Å². The van der Waals surface area contributed by atoms with Crippen LogP contribution in [0.15, 0.2) is 52.9 Å². The van der Waals surface area contributed by atoms with Crippen LogP contribution in [0.5, 0.6) is 0 Å². The van der Waals surface area contributed by atoms with Crippen LogP contribution in [0, 0.1) is 12.7 Å². The summed E-state index contributed by atoms with van der Waals surface area (Å²) in [6.07, 6.45) is 0.403. The van der Waals surface area contributed by atoms with E-state index in [-0.39, 0.29) is 5.91 Å². The van der Waals surface area contributed by atoms with Gasteiger partial charge in [0.05, 0.1) is 0 Å². The second kappa shape index (κ2) is 7.04. The van der Waals surface area contributed by atoms with Crippen LogP contribution in [0.3, 0.4) is 0 Å². The first kappa shape index (κ1) is 15.9. The van der Waals surface area contributed by atoms with Gasteiger partial charge in [0.1, 0.15) is 5.82 Å². The summed E-state index contributed by atoms with van der Waals surface area (Å²) < 4.78 is 19.0. The van der Waals surface area contributed by atoms with Crippen LogP contribution in [0.25, 0.3) is 11.5 Å². The van der Waals surface area contributed by atoms with Crippen LogP contribution in [-0.2, 0) is 6.42 Å². The van der Waals surface area contributed by atoms with Crippen LogP contribution in [0.2, 0.25) is 0 Å². The largest absolute Gasteiger partial charge is 0.421 e. The summed E-state index contributed by atoms with van der Waals surface area (Å²) in [7, 11) is 0. The highest BCUT2D eigenvalue weighted by Gasteiger charge is 2.12. The fourth-order valence-electron chi connectivity index (χ4n) is 2.28. The highest BCUT2D eigenvalue weighted by Crippen LogP contribution is 2.17. The topological polar surface area (TPSA) is 68.0 Å². The molecule has 3 rings (SSSR count). The molecule has 0 aliphatic carbocycles. The number of benzene rings is 2. The van der Waals surface area contributed by atoms with Gasteiger partial charge in [-0.1, -0.05) is 24.3 Å². The van der Waals surface area contributed by atoms with Gasteiger partial charge in [-0.2, -0.15) is 0 Å². The molecule has 24 heavy (non-hydrogen) atoms. The smallest absolute Gasteiger partial charge is 0.251 e. The summed E-state index contributed by atoms with van der Waals surface area (Å²) in [6, 6.07) is 13.9. The van der Waals surface area contributed by atoms with E-state index in [1.54, 1.807) is 13.0 Å². The number of hydrogen-bond acceptors (Lipinski definition) is 4. The zero-order valence-corrected chi connectivity index (χ0v) is 13.1. The van der Waals surface area contributed by atoms with Crippen LogP contribution in [0.1, 0.15) is 21.8 Å². The van der Waals surface area contributed by atoms with Crippen molar-refractivity contribution in [3.63, 3.8) is 0 Å². The molecule has 0 aliphatic heterocycles. The van der Waals surface area contributed by atoms with Crippen molar-refractivity contribution in [1.29, 1.82) is 0 Å². The summed E-state index contributed by atoms with van der Waals surface area (Å²) in [5, 5.41) is 10.7. The third-order valence-electron chi connectivity index (χ3n) is 3.62. The maximum absolute atomic E-state index is 13.5. The molecule has 1 N–H and O–H groups in total. The van der Waals surface area contributed by atoms with Gasteiger partial charge in [0.2, 0.25) is 11.8 Å². The molecule has 0 unspecified atom stereocenters. The number of hydrogen-bond donors (Lipinski definition) is 1. The molecule has 0 spiro atoms. The molecule has 6 heteroatoms. The third-order valence-corrected chi connectivity index (χ3v) is 3.62. The Kier molecular flexibility index (Phi) is 4.65. The quantitative estimate of drug-likeness (QED) is 0.782. The molecule has 1 aromatic heterocycles. The summed E-state index contributed by atoms with van der Waals surface area (Å²) in [6.45, 7) is 1.90. The van der Waals surface area contributed by atoms with Crippen molar-refractivity contribution in [2.24, 2.45) is 0 Å². The molecule has 1 amide bonds. The third kappa shape index (κ3) is 3.48. The molecule has 0 radical (unpaired) electrons. The number of amides is 1. The number of rotatable bonds is 5. The number of carbonyl (C=O) groups is 1. The van der Waals surface area contributed by atoms with Gasteiger partial charge in [-0.05, 0) is 36.8 Å². The lowest BCUT2D eigenvalue weighted by atomic mass is 10.1. The van der Waals surface area contributed by atoms with Gasteiger partial charge in [0, 0.05) is 24.1 Å². The van der Waals surface area contributed by atoms with Crippen molar-refractivity contribution in [2.75, 3.05) is 6.54 Å². The van der Waals surface area contributed by atoms with E-state index in [2.05, 4.69) is 15.5 Å². The second-order valence-corrected chi connectivity index (χ2v) is 5.29. The van der Waals surface area contributed by atoms with Crippen molar-refractivity contribution < 1.29 is 13.6 Å². The molecule has 2 aromatic carbocycles. The van der Waals surface area contributed by atoms with E-state index in [1.807, 2.05) is 30.3 Å². The molecule has 122 valence electrons. The predicted molar refractivity (Wildman–Crippen MR) is 86.9 cm³/mol. The molecule has 3 aromatic rings. The van der Waals surface area contributed by atoms with Gasteiger partial charge in [0.15, 0.2) is 0 Å². The number of carbonyl (C=O) groups excluding carboxylic acids is 1. The lowest BCUT2D eigenvalue weighted by Crippen LogP contribution is -2.26. The van der Waals surface area contributed by atoms with E-state index in [0.29, 0.717) is 35.9 Å². The summed E-state index contributed by atoms with van der Waals surface area (Å²) in [4.78, 5) is 12.1. The van der Waals surface area contributed by atoms with Crippen LogP contribution in [-0.4, -0.2) is 22.6 Å². The lowest BCUT2D eigenvalue weighted by Gasteiger charge is -2.07.